The number of alkyl halides is 4. The van der Waals surface area contributed by atoms with Gasteiger partial charge < -0.3 is 25.3 Å². The van der Waals surface area contributed by atoms with Crippen LogP contribution in [0, 0.1) is 5.92 Å². The molecule has 0 saturated carbocycles. The number of thioether (sulfide) groups is 1. The first-order valence-electron chi connectivity index (χ1n) is 22.4. The number of carbonyl (C=O) groups is 1. The van der Waals surface area contributed by atoms with E-state index in [-0.39, 0.29) is 24.6 Å². The summed E-state index contributed by atoms with van der Waals surface area (Å²) in [5, 5.41) is 24.9. The zero-order valence-electron chi connectivity index (χ0n) is 37.5. The summed E-state index contributed by atoms with van der Waals surface area (Å²) in [7, 11) is -11.1. The first-order chi connectivity index (χ1) is 33.0. The lowest BCUT2D eigenvalue weighted by Crippen LogP contribution is -2.49. The fraction of sp³-hybridized carbons (Fsp3) is 0.367. The van der Waals surface area contributed by atoms with Gasteiger partial charge in [-0.05, 0) is 109 Å². The number of aliphatic hydroxyl groups is 2. The van der Waals surface area contributed by atoms with Crippen molar-refractivity contribution in [3.05, 3.63) is 132 Å². The highest BCUT2D eigenvalue weighted by Crippen LogP contribution is 2.40. The molecule has 20 heteroatoms. The smallest absolute Gasteiger partial charge is 0.389 e. The second-order valence-electron chi connectivity index (χ2n) is 17.1. The van der Waals surface area contributed by atoms with E-state index in [0.717, 1.165) is 33.7 Å². The Kier molecular flexibility index (Phi) is 17.4. The van der Waals surface area contributed by atoms with E-state index in [2.05, 4.69) is 15.1 Å². The molecule has 0 radical (unpaired) electrons. The first kappa shape index (κ1) is 52.1. The molecule has 0 aliphatic carbocycles. The molecule has 12 nitrogen and oxygen atoms in total. The van der Waals surface area contributed by atoms with Crippen LogP contribution in [0.5, 0.6) is 0 Å². The van der Waals surface area contributed by atoms with Gasteiger partial charge in [-0.3, -0.25) is 9.69 Å². The molecule has 2 aliphatic heterocycles. The zero-order valence-corrected chi connectivity index (χ0v) is 40.7. The van der Waals surface area contributed by atoms with Crippen LogP contribution >= 0.6 is 23.4 Å². The van der Waals surface area contributed by atoms with E-state index in [0.29, 0.717) is 91.9 Å². The van der Waals surface area contributed by atoms with Crippen LogP contribution in [0.15, 0.2) is 136 Å². The maximum Gasteiger partial charge on any atom is 0.501 e. The summed E-state index contributed by atoms with van der Waals surface area (Å²) in [6.45, 7) is 3.23. The van der Waals surface area contributed by atoms with Crippen LogP contribution in [0.2, 0.25) is 5.02 Å². The van der Waals surface area contributed by atoms with Crippen molar-refractivity contribution in [3.63, 3.8) is 0 Å². The average molecular weight is 1030 g/mol. The molecule has 370 valence electrons. The van der Waals surface area contributed by atoms with Gasteiger partial charge in [-0.25, -0.2) is 25.5 Å². The minimum Gasteiger partial charge on any atom is -0.389 e. The van der Waals surface area contributed by atoms with E-state index in [4.69, 9.17) is 11.6 Å². The summed E-state index contributed by atoms with van der Waals surface area (Å²) >= 11 is 7.51. The van der Waals surface area contributed by atoms with Gasteiger partial charge in [-0.1, -0.05) is 66.2 Å². The molecule has 2 heterocycles. The minimum atomic E-state index is -6.14. The van der Waals surface area contributed by atoms with Crippen LogP contribution in [0.3, 0.4) is 0 Å². The molecule has 2 aliphatic rings. The van der Waals surface area contributed by atoms with E-state index in [9.17, 15) is 49.4 Å². The number of piperazine rings is 1. The molecule has 0 spiro atoms. The lowest BCUT2D eigenvalue weighted by molar-refractivity contribution is -0.106. The quantitative estimate of drug-likeness (QED) is 0.0390. The number of nitrogens with zero attached hydrogens (tertiary/aromatic N) is 4. The standard InChI is InChI=1S/C49H54ClF4N5O7S3/c50-37-12-10-35(11-13-37)44-8-4-5-9-45(44)48(62)36-20-24-58(25-21-36)39-14-16-40(17-15-39)59(34-60)69(65,66)43-18-19-46(47(30-43)68(63,64)49(52,53)54)55-38(33-67-42-6-2-1-3-7-42)22-23-56-26-28-57(29-27-56)32-41(61)31-51/h1-19,30,34,36,38,41,48,55,61-62H,20-29,31-33H2/t38-,41+,48?/m1/s1. The Morgan fingerprint density at radius 3 is 2.09 bits per heavy atom. The number of hydrogen-bond donors (Lipinski definition) is 3. The maximum absolute atomic E-state index is 14.4. The van der Waals surface area contributed by atoms with E-state index in [1.165, 1.54) is 23.9 Å². The topological polar surface area (TPSA) is 151 Å². The number of β-amino-alcohol motifs (C(OH)–C–C–N with tert-alkyl or cyclic N) is 1. The molecular weight excluding hydrogens is 978 g/mol. The Balaban J connectivity index is 1.06. The molecule has 1 unspecified atom stereocenters. The number of benzene rings is 5. The summed E-state index contributed by atoms with van der Waals surface area (Å²) in [5.41, 5.74) is -3.03. The van der Waals surface area contributed by atoms with Gasteiger partial charge in [-0.15, -0.1) is 11.8 Å². The molecule has 5 aromatic rings. The third-order valence-electron chi connectivity index (χ3n) is 12.5. The molecule has 69 heavy (non-hydrogen) atoms. The van der Waals surface area contributed by atoms with Gasteiger partial charge in [0, 0.05) is 79.8 Å². The number of sulfone groups is 1. The predicted molar refractivity (Wildman–Crippen MR) is 263 cm³/mol. The highest BCUT2D eigenvalue weighted by molar-refractivity contribution is 7.99. The van der Waals surface area contributed by atoms with Crippen molar-refractivity contribution in [1.29, 1.82) is 0 Å². The Hall–Kier alpha value is -4.73. The molecule has 2 fully saturated rings. The highest BCUT2D eigenvalue weighted by Gasteiger charge is 2.49. The van der Waals surface area contributed by atoms with Crippen molar-refractivity contribution in [1.82, 2.24) is 9.80 Å². The predicted octanol–water partition coefficient (Wildman–Crippen LogP) is 8.51. The average Bonchev–Trinajstić information content (AvgIpc) is 3.35. The van der Waals surface area contributed by atoms with Crippen molar-refractivity contribution in [2.75, 3.05) is 79.3 Å². The highest BCUT2D eigenvalue weighted by atomic mass is 35.5. The summed E-state index contributed by atoms with van der Waals surface area (Å²) < 4.78 is 111. The van der Waals surface area contributed by atoms with E-state index in [1.54, 1.807) is 24.3 Å². The number of aliphatic hydroxyl groups excluding tert-OH is 2. The molecule has 0 bridgehead atoms. The maximum atomic E-state index is 14.4. The van der Waals surface area contributed by atoms with Gasteiger partial charge in [-0.2, -0.15) is 13.2 Å². The lowest BCUT2D eigenvalue weighted by Gasteiger charge is -2.36. The SMILES string of the molecule is O=CN(c1ccc(N2CCC(C(O)c3ccccc3-c3ccc(Cl)cc3)CC2)cc1)S(=O)(=O)c1ccc(N[C@H](CCN2CCN(C[C@@H](O)CF)CC2)CSc2ccccc2)c(S(=O)(=O)C(F)(F)F)c1. The van der Waals surface area contributed by atoms with E-state index < -0.39 is 65.8 Å². The Morgan fingerprint density at radius 2 is 1.45 bits per heavy atom. The molecule has 1 amide bonds. The summed E-state index contributed by atoms with van der Waals surface area (Å²) in [5.74, 6) is 0.243. The van der Waals surface area contributed by atoms with Crippen molar-refractivity contribution >= 4 is 66.7 Å². The van der Waals surface area contributed by atoms with Crippen LogP contribution in [0.25, 0.3) is 11.1 Å². The Labute approximate surface area is 409 Å². The number of carbonyl (C=O) groups excluding carboxylic acids is 1. The van der Waals surface area contributed by atoms with Crippen LogP contribution in [0.4, 0.5) is 34.6 Å². The molecule has 0 aromatic heterocycles. The largest absolute Gasteiger partial charge is 0.501 e. The van der Waals surface area contributed by atoms with Crippen LogP contribution in [-0.4, -0.2) is 126 Å². The van der Waals surface area contributed by atoms with Crippen molar-refractivity contribution in [2.24, 2.45) is 5.92 Å². The number of anilines is 3. The number of sulfonamides is 1. The second kappa shape index (κ2) is 23.0. The Bertz CT molecular complexity index is 2710. The summed E-state index contributed by atoms with van der Waals surface area (Å²) in [4.78, 5) is 17.4. The molecular formula is C49H54ClF4N5O7S3. The van der Waals surface area contributed by atoms with Gasteiger partial charge in [0.05, 0.1) is 28.5 Å². The summed E-state index contributed by atoms with van der Waals surface area (Å²) in [6, 6.07) is 32.1. The molecule has 3 atom stereocenters. The minimum absolute atomic E-state index is 0.00301. The normalized spacial score (nSPS) is 17.0. The van der Waals surface area contributed by atoms with Crippen molar-refractivity contribution in [3.8, 4) is 11.1 Å². The number of hydrogen-bond acceptors (Lipinski definition) is 12. The third kappa shape index (κ3) is 12.8. The van der Waals surface area contributed by atoms with Gasteiger partial charge >= 0.3 is 5.51 Å². The summed E-state index contributed by atoms with van der Waals surface area (Å²) in [6.07, 6.45) is -0.186. The van der Waals surface area contributed by atoms with Crippen LogP contribution < -0.4 is 14.5 Å². The number of piperidine rings is 1. The van der Waals surface area contributed by atoms with Gasteiger partial charge in [0.15, 0.2) is 0 Å². The third-order valence-corrected chi connectivity index (χ3v) is 17.2. The second-order valence-corrected chi connectivity index (χ2v) is 22.4. The lowest BCUT2D eigenvalue weighted by atomic mass is 9.84. The van der Waals surface area contributed by atoms with E-state index >= 15 is 0 Å². The van der Waals surface area contributed by atoms with Crippen molar-refractivity contribution in [2.45, 2.75) is 57.7 Å². The fourth-order valence-corrected chi connectivity index (χ4v) is 12.1. The van der Waals surface area contributed by atoms with Crippen LogP contribution in [0.1, 0.15) is 30.9 Å². The first-order valence-corrected chi connectivity index (χ1v) is 26.7. The van der Waals surface area contributed by atoms with Crippen LogP contribution in [-0.2, 0) is 24.7 Å². The fourth-order valence-electron chi connectivity index (χ4n) is 8.70. The van der Waals surface area contributed by atoms with E-state index in [1.807, 2.05) is 71.6 Å². The van der Waals surface area contributed by atoms with Gasteiger partial charge in [0.1, 0.15) is 11.6 Å². The molecule has 5 aromatic carbocycles. The number of nitrogens with one attached hydrogen (secondary N) is 1. The van der Waals surface area contributed by atoms with Gasteiger partial charge in [0.2, 0.25) is 6.41 Å². The van der Waals surface area contributed by atoms with Gasteiger partial charge in [0.25, 0.3) is 19.9 Å². The number of halogens is 5. The number of amides is 1. The number of rotatable bonds is 20. The molecule has 3 N–H and O–H groups in total. The van der Waals surface area contributed by atoms with Crippen molar-refractivity contribution < 1.29 is 49.4 Å². The Morgan fingerprint density at radius 1 is 0.812 bits per heavy atom. The molecule has 7 rings (SSSR count). The molecule has 2 saturated heterocycles. The monoisotopic (exact) mass is 1030 g/mol. The zero-order chi connectivity index (χ0) is 49.3.